The van der Waals surface area contributed by atoms with E-state index in [2.05, 4.69) is 52.4 Å². The fourth-order valence-corrected chi connectivity index (χ4v) is 8.63. The van der Waals surface area contributed by atoms with Crippen molar-refractivity contribution in [3.8, 4) is 28.1 Å². The van der Waals surface area contributed by atoms with Crippen LogP contribution in [0.3, 0.4) is 0 Å². The van der Waals surface area contributed by atoms with Crippen LogP contribution >= 0.6 is 0 Å². The number of carbonyl (C=O) groups excluding carboxylic acids is 2. The van der Waals surface area contributed by atoms with Gasteiger partial charge in [-0.25, -0.2) is 9.97 Å². The number of hydrogen-bond donors (Lipinski definition) is 2. The van der Waals surface area contributed by atoms with Gasteiger partial charge in [0.15, 0.2) is 0 Å². The number of hydrogen-bond acceptors (Lipinski definition) is 7. The molecule has 2 saturated heterocycles. The molecule has 3 aliphatic heterocycles. The van der Waals surface area contributed by atoms with Gasteiger partial charge < -0.3 is 34.0 Å². The van der Waals surface area contributed by atoms with Crippen LogP contribution in [0.25, 0.3) is 44.2 Å². The predicted octanol–water partition coefficient (Wildman–Crippen LogP) is 7.34. The maximum absolute atomic E-state index is 13.1. The zero-order chi connectivity index (χ0) is 35.9. The smallest absolute Gasteiger partial charge is 0.223 e. The third-order valence-electron chi connectivity index (χ3n) is 11.1. The van der Waals surface area contributed by atoms with E-state index in [4.69, 9.17) is 24.2 Å². The lowest BCUT2D eigenvalue weighted by atomic mass is 9.92. The molecule has 52 heavy (non-hydrogen) atoms. The molecule has 11 heteroatoms. The summed E-state index contributed by atoms with van der Waals surface area (Å²) in [7, 11) is 3.43. The standard InChI is InChI=1S/C41H48N6O5/c1-5-7-37(48)46-19-24(21-50-3)13-34(46)40-42-18-33(44-40)27-9-11-29-28(15-27)23-52-36-17-30-26(16-31(29)36)10-12-32-39(30)45-41(43-32)35-14-25(22-51-4)20-47(35)38(49)8-6-2/h9-12,15-18,24-25,34-35H,5-8,13-14,19-23H2,1-4H3,(H,42,44)(H,43,45)/t24-,25-,34?,35?/m0/s1. The number of fused-ring (bicyclic) bond motifs is 6. The summed E-state index contributed by atoms with van der Waals surface area (Å²) < 4.78 is 17.3. The summed E-state index contributed by atoms with van der Waals surface area (Å²) in [6.07, 6.45) is 6.24. The van der Waals surface area contributed by atoms with Gasteiger partial charge in [0.2, 0.25) is 11.8 Å². The lowest BCUT2D eigenvalue weighted by Gasteiger charge is -2.23. The summed E-state index contributed by atoms with van der Waals surface area (Å²) in [5.74, 6) is 3.39. The first-order chi connectivity index (χ1) is 25.4. The van der Waals surface area contributed by atoms with E-state index in [0.29, 0.717) is 51.7 Å². The van der Waals surface area contributed by atoms with Gasteiger partial charge in [-0.05, 0) is 72.0 Å². The van der Waals surface area contributed by atoms with Gasteiger partial charge in [0.05, 0.1) is 48.2 Å². The molecular formula is C41H48N6O5. The van der Waals surface area contributed by atoms with Crippen LogP contribution in [-0.4, -0.2) is 82.1 Å². The van der Waals surface area contributed by atoms with Crippen LogP contribution in [0.2, 0.25) is 0 Å². The molecule has 272 valence electrons. The molecule has 0 bridgehead atoms. The second-order valence-corrected chi connectivity index (χ2v) is 14.7. The van der Waals surface area contributed by atoms with Crippen LogP contribution in [0.15, 0.2) is 48.7 Å². The highest BCUT2D eigenvalue weighted by molar-refractivity contribution is 6.07. The summed E-state index contributed by atoms with van der Waals surface area (Å²) in [6.45, 7) is 7.17. The summed E-state index contributed by atoms with van der Waals surface area (Å²) in [5.41, 5.74) is 7.08. The van der Waals surface area contributed by atoms with Crippen molar-refractivity contribution in [2.45, 2.75) is 71.1 Å². The van der Waals surface area contributed by atoms with Crippen molar-refractivity contribution in [2.75, 3.05) is 40.5 Å². The molecule has 2 fully saturated rings. The van der Waals surface area contributed by atoms with Crippen molar-refractivity contribution in [3.63, 3.8) is 0 Å². The third kappa shape index (κ3) is 6.23. The van der Waals surface area contributed by atoms with E-state index in [1.807, 2.05) is 29.8 Å². The Morgan fingerprint density at radius 1 is 0.846 bits per heavy atom. The number of rotatable bonds is 11. The molecule has 0 radical (unpaired) electrons. The predicted molar refractivity (Wildman–Crippen MR) is 200 cm³/mol. The summed E-state index contributed by atoms with van der Waals surface area (Å²) >= 11 is 0. The molecule has 8 rings (SSSR count). The number of aromatic nitrogens is 4. The Bertz CT molecular complexity index is 2120. The quantitative estimate of drug-likeness (QED) is 0.147. The van der Waals surface area contributed by atoms with E-state index in [9.17, 15) is 9.59 Å². The molecule has 0 spiro atoms. The minimum atomic E-state index is -0.101. The van der Waals surface area contributed by atoms with Crippen molar-refractivity contribution < 1.29 is 23.8 Å². The number of imidazole rings is 2. The molecule has 5 heterocycles. The third-order valence-corrected chi connectivity index (χ3v) is 11.1. The Balaban J connectivity index is 1.07. The van der Waals surface area contributed by atoms with Crippen molar-refractivity contribution in [1.82, 2.24) is 29.7 Å². The Hall–Kier alpha value is -4.74. The van der Waals surface area contributed by atoms with Crippen molar-refractivity contribution in [1.29, 1.82) is 0 Å². The molecule has 4 atom stereocenters. The Morgan fingerprint density at radius 3 is 2.21 bits per heavy atom. The maximum Gasteiger partial charge on any atom is 0.223 e. The topological polar surface area (TPSA) is 126 Å². The van der Waals surface area contributed by atoms with E-state index < -0.39 is 0 Å². The Labute approximate surface area is 304 Å². The Morgan fingerprint density at radius 2 is 1.54 bits per heavy atom. The molecule has 2 unspecified atom stereocenters. The summed E-state index contributed by atoms with van der Waals surface area (Å²) in [5, 5.41) is 2.10. The number of ether oxygens (including phenoxy) is 3. The van der Waals surface area contributed by atoms with Gasteiger partial charge in [-0.15, -0.1) is 0 Å². The van der Waals surface area contributed by atoms with Crippen LogP contribution in [-0.2, 0) is 25.7 Å². The van der Waals surface area contributed by atoms with Gasteiger partial charge in [-0.3, -0.25) is 9.59 Å². The molecule has 3 aromatic carbocycles. The molecule has 5 aromatic rings. The van der Waals surface area contributed by atoms with Gasteiger partial charge in [0, 0.05) is 62.9 Å². The molecule has 11 nitrogen and oxygen atoms in total. The molecule has 0 saturated carbocycles. The first kappa shape index (κ1) is 34.4. The number of aromatic amines is 2. The maximum atomic E-state index is 13.1. The monoisotopic (exact) mass is 704 g/mol. The number of amides is 2. The van der Waals surface area contributed by atoms with Gasteiger partial charge in [0.1, 0.15) is 24.0 Å². The average Bonchev–Trinajstić information content (AvgIpc) is 3.96. The first-order valence-corrected chi connectivity index (χ1v) is 18.7. The van der Waals surface area contributed by atoms with E-state index in [1.165, 1.54) is 0 Å². The normalized spacial score (nSPS) is 21.2. The number of H-pyrrole nitrogens is 2. The Kier molecular flexibility index (Phi) is 9.48. The zero-order valence-electron chi connectivity index (χ0n) is 30.5. The average molecular weight is 705 g/mol. The minimum Gasteiger partial charge on any atom is -0.488 e. The molecule has 3 aliphatic rings. The molecular weight excluding hydrogens is 656 g/mol. The second kappa shape index (κ2) is 14.4. The number of nitrogens with one attached hydrogen (secondary N) is 2. The fraction of sp³-hybridized carbons (Fsp3) is 0.463. The lowest BCUT2D eigenvalue weighted by molar-refractivity contribution is -0.133. The molecule has 0 aliphatic carbocycles. The first-order valence-electron chi connectivity index (χ1n) is 18.7. The van der Waals surface area contributed by atoms with Gasteiger partial charge in [-0.2, -0.15) is 0 Å². The zero-order valence-corrected chi connectivity index (χ0v) is 30.5. The summed E-state index contributed by atoms with van der Waals surface area (Å²) in [6, 6.07) is 14.8. The van der Waals surface area contributed by atoms with Gasteiger partial charge >= 0.3 is 0 Å². The summed E-state index contributed by atoms with van der Waals surface area (Å²) in [4.78, 5) is 47.1. The van der Waals surface area contributed by atoms with Gasteiger partial charge in [0.25, 0.3) is 0 Å². The van der Waals surface area contributed by atoms with E-state index in [-0.39, 0.29) is 29.8 Å². The largest absolute Gasteiger partial charge is 0.488 e. The molecule has 2 N–H and O–H groups in total. The van der Waals surface area contributed by atoms with E-state index in [0.717, 1.165) is 92.8 Å². The van der Waals surface area contributed by atoms with E-state index >= 15 is 0 Å². The lowest BCUT2D eigenvalue weighted by Crippen LogP contribution is -2.31. The SMILES string of the molecule is CCCC(=O)N1C[C@@H](COC)CC1c1ncc(-c2ccc3c(c2)COc2cc4c(ccc5[nH]c(C6C[C@H](COC)CN6C(=O)CCC)nc54)cc2-3)[nH]1. The highest BCUT2D eigenvalue weighted by Gasteiger charge is 2.39. The highest BCUT2D eigenvalue weighted by Crippen LogP contribution is 2.44. The van der Waals surface area contributed by atoms with Crippen LogP contribution in [0.5, 0.6) is 5.75 Å². The van der Waals surface area contributed by atoms with Crippen LogP contribution < -0.4 is 4.74 Å². The van der Waals surface area contributed by atoms with Crippen LogP contribution in [0.4, 0.5) is 0 Å². The van der Waals surface area contributed by atoms with Crippen molar-refractivity contribution >= 4 is 33.6 Å². The molecule has 2 amide bonds. The number of nitrogens with zero attached hydrogens (tertiary/aromatic N) is 4. The highest BCUT2D eigenvalue weighted by atomic mass is 16.5. The van der Waals surface area contributed by atoms with Crippen LogP contribution in [0, 0.1) is 11.8 Å². The number of benzene rings is 3. The molecule has 2 aromatic heterocycles. The van der Waals surface area contributed by atoms with E-state index in [1.54, 1.807) is 14.2 Å². The van der Waals surface area contributed by atoms with Crippen molar-refractivity contribution in [2.24, 2.45) is 11.8 Å². The number of likely N-dealkylation sites (tertiary alicyclic amines) is 2. The fourth-order valence-electron chi connectivity index (χ4n) is 8.63. The van der Waals surface area contributed by atoms with Gasteiger partial charge in [-0.1, -0.05) is 32.0 Å². The minimum absolute atomic E-state index is 0.0839. The second-order valence-electron chi connectivity index (χ2n) is 14.7. The van der Waals surface area contributed by atoms with Crippen molar-refractivity contribution in [3.05, 3.63) is 65.9 Å². The number of carbonyl (C=O) groups is 2. The van der Waals surface area contributed by atoms with Crippen LogP contribution in [0.1, 0.15) is 81.7 Å². The number of methoxy groups -OCH3 is 2.